The van der Waals surface area contributed by atoms with Crippen molar-refractivity contribution < 1.29 is 34.1 Å². The van der Waals surface area contributed by atoms with Crippen molar-refractivity contribution in [2.75, 3.05) is 6.61 Å². The summed E-state index contributed by atoms with van der Waals surface area (Å²) in [5.74, 6) is -2.13. The second-order valence-corrected chi connectivity index (χ2v) is 10.6. The Morgan fingerprint density at radius 1 is 1.03 bits per heavy atom. The van der Waals surface area contributed by atoms with Crippen LogP contribution in [-0.2, 0) is 23.9 Å². The monoisotopic (exact) mass is 530 g/mol. The second-order valence-electron chi connectivity index (χ2n) is 10.6. The summed E-state index contributed by atoms with van der Waals surface area (Å²) in [6, 6.07) is 10.4. The number of aliphatic hydroxyl groups excluding tert-OH is 1. The Morgan fingerprint density at radius 3 is 2.34 bits per heavy atom. The molecular formula is C31H46O7. The Kier molecular flexibility index (Phi) is 14.1. The number of carbonyl (C=O) groups excluding carboxylic acids is 2. The zero-order valence-electron chi connectivity index (χ0n) is 23.1. The molecule has 2 rings (SSSR count). The van der Waals surface area contributed by atoms with Crippen molar-refractivity contribution in [2.45, 2.75) is 103 Å². The molecule has 6 atom stereocenters. The molecule has 0 saturated heterocycles. The van der Waals surface area contributed by atoms with Gasteiger partial charge in [-0.2, -0.15) is 0 Å². The molecule has 7 nitrogen and oxygen atoms in total. The first-order valence-electron chi connectivity index (χ1n) is 14.2. The lowest BCUT2D eigenvalue weighted by Crippen LogP contribution is -2.39. The number of ether oxygens (including phenoxy) is 2. The minimum absolute atomic E-state index is 0.00835. The predicted octanol–water partition coefficient (Wildman–Crippen LogP) is 6.05. The Labute approximate surface area is 227 Å². The van der Waals surface area contributed by atoms with Crippen molar-refractivity contribution in [1.29, 1.82) is 0 Å². The van der Waals surface area contributed by atoms with Gasteiger partial charge < -0.3 is 19.7 Å². The average molecular weight is 531 g/mol. The van der Waals surface area contributed by atoms with Gasteiger partial charge in [0, 0.05) is 6.08 Å². The third kappa shape index (κ3) is 10.6. The lowest BCUT2D eigenvalue weighted by Gasteiger charge is -2.33. The normalized spacial score (nSPS) is 21.6. The van der Waals surface area contributed by atoms with Crippen molar-refractivity contribution in [3.8, 4) is 0 Å². The number of hydrogen-bond donors (Lipinski definition) is 2. The molecule has 38 heavy (non-hydrogen) atoms. The van der Waals surface area contributed by atoms with E-state index in [0.717, 1.165) is 31.8 Å². The van der Waals surface area contributed by atoms with E-state index in [9.17, 15) is 24.6 Å². The Bertz CT molecular complexity index is 868. The molecule has 6 unspecified atom stereocenters. The summed E-state index contributed by atoms with van der Waals surface area (Å²) in [6.45, 7) is 7.62. The zero-order chi connectivity index (χ0) is 27.9. The first-order valence-corrected chi connectivity index (χ1v) is 14.2. The molecule has 0 aliphatic heterocycles. The van der Waals surface area contributed by atoms with Gasteiger partial charge in [0.25, 0.3) is 0 Å². The number of benzene rings is 1. The molecule has 7 heteroatoms. The Hall–Kier alpha value is -2.67. The van der Waals surface area contributed by atoms with Crippen LogP contribution in [0.15, 0.2) is 43.0 Å². The molecule has 1 aromatic rings. The molecule has 212 valence electrons. The van der Waals surface area contributed by atoms with Gasteiger partial charge in [-0.25, -0.2) is 4.79 Å². The number of aliphatic carboxylic acids is 1. The highest BCUT2D eigenvalue weighted by molar-refractivity contribution is 5.81. The number of carboxylic acids is 1. The molecule has 1 aromatic carbocycles. The summed E-state index contributed by atoms with van der Waals surface area (Å²) in [4.78, 5) is 36.2. The van der Waals surface area contributed by atoms with E-state index < -0.39 is 36.0 Å². The summed E-state index contributed by atoms with van der Waals surface area (Å²) in [6.07, 6.45) is 7.22. The largest absolute Gasteiger partial charge is 0.481 e. The minimum atomic E-state index is -0.836. The predicted molar refractivity (Wildman–Crippen MR) is 146 cm³/mol. The van der Waals surface area contributed by atoms with E-state index in [-0.39, 0.29) is 18.5 Å². The highest BCUT2D eigenvalue weighted by atomic mass is 16.6. The van der Waals surface area contributed by atoms with Crippen molar-refractivity contribution in [2.24, 2.45) is 17.8 Å². The fraction of sp³-hybridized carbons (Fsp3) is 0.645. The van der Waals surface area contributed by atoms with Gasteiger partial charge in [-0.3, -0.25) is 9.59 Å². The fourth-order valence-electron chi connectivity index (χ4n) is 5.44. The van der Waals surface area contributed by atoms with Crippen molar-refractivity contribution >= 4 is 17.9 Å². The van der Waals surface area contributed by atoms with Gasteiger partial charge in [0.2, 0.25) is 0 Å². The topological polar surface area (TPSA) is 110 Å². The lowest BCUT2D eigenvalue weighted by molar-refractivity contribution is -0.165. The lowest BCUT2D eigenvalue weighted by atomic mass is 9.85. The SMILES string of the molecule is C=CC(=O)OCC1CCC(OC(=O)C(CCCC(CCC)c2ccccc2)CCC(CC)C(=O)O)C(O)C1. The van der Waals surface area contributed by atoms with Crippen molar-refractivity contribution in [3.05, 3.63) is 48.6 Å². The van der Waals surface area contributed by atoms with E-state index in [1.54, 1.807) is 0 Å². The van der Waals surface area contributed by atoms with Crippen LogP contribution in [0.25, 0.3) is 0 Å². The maximum Gasteiger partial charge on any atom is 0.330 e. The van der Waals surface area contributed by atoms with E-state index in [2.05, 4.69) is 37.8 Å². The highest BCUT2D eigenvalue weighted by Gasteiger charge is 2.34. The number of hydrogen-bond acceptors (Lipinski definition) is 6. The van der Waals surface area contributed by atoms with Crippen LogP contribution in [0.4, 0.5) is 0 Å². The highest BCUT2D eigenvalue weighted by Crippen LogP contribution is 2.32. The smallest absolute Gasteiger partial charge is 0.330 e. The van der Waals surface area contributed by atoms with E-state index in [1.165, 1.54) is 5.56 Å². The molecule has 1 fully saturated rings. The van der Waals surface area contributed by atoms with Gasteiger partial charge >= 0.3 is 17.9 Å². The van der Waals surface area contributed by atoms with Crippen LogP contribution in [0.1, 0.15) is 96.0 Å². The van der Waals surface area contributed by atoms with Gasteiger partial charge in [-0.1, -0.05) is 63.6 Å². The van der Waals surface area contributed by atoms with Gasteiger partial charge in [0.1, 0.15) is 6.10 Å². The second kappa shape index (κ2) is 17.0. The maximum atomic E-state index is 13.3. The van der Waals surface area contributed by atoms with Gasteiger partial charge in [-0.15, -0.1) is 0 Å². The van der Waals surface area contributed by atoms with Crippen LogP contribution in [0.5, 0.6) is 0 Å². The molecule has 0 bridgehead atoms. The zero-order valence-corrected chi connectivity index (χ0v) is 23.1. The molecule has 1 aliphatic rings. The molecule has 2 N–H and O–H groups in total. The van der Waals surface area contributed by atoms with E-state index in [1.807, 2.05) is 13.0 Å². The van der Waals surface area contributed by atoms with Gasteiger partial charge in [0.15, 0.2) is 0 Å². The van der Waals surface area contributed by atoms with Gasteiger partial charge in [-0.05, 0) is 75.2 Å². The molecule has 1 aliphatic carbocycles. The summed E-state index contributed by atoms with van der Waals surface area (Å²) in [5.41, 5.74) is 1.31. The van der Waals surface area contributed by atoms with E-state index in [4.69, 9.17) is 9.47 Å². The van der Waals surface area contributed by atoms with Crippen molar-refractivity contribution in [1.82, 2.24) is 0 Å². The molecule has 0 heterocycles. The molecule has 0 aromatic heterocycles. The number of rotatable bonds is 17. The number of carbonyl (C=O) groups is 3. The van der Waals surface area contributed by atoms with Crippen LogP contribution >= 0.6 is 0 Å². The number of esters is 2. The standard InChI is InChI=1S/C31H46O7/c1-4-11-24(25-12-8-7-9-13-25)14-10-15-26(18-17-23(5-2)30(34)35)31(36)38-28-19-16-22(20-27(28)32)21-37-29(33)6-3/h6-9,12-13,22-24,26-28,32H,3-5,10-11,14-21H2,1-2H3,(H,34,35). The summed E-state index contributed by atoms with van der Waals surface area (Å²) in [5, 5.41) is 20.1. The van der Waals surface area contributed by atoms with E-state index >= 15 is 0 Å². The van der Waals surface area contributed by atoms with Crippen molar-refractivity contribution in [3.63, 3.8) is 0 Å². The molecule has 0 amide bonds. The Morgan fingerprint density at radius 2 is 1.74 bits per heavy atom. The third-order valence-electron chi connectivity index (χ3n) is 7.81. The number of carboxylic acid groups (broad SMARTS) is 1. The molecule has 0 radical (unpaired) electrons. The van der Waals surface area contributed by atoms with Crippen LogP contribution < -0.4 is 0 Å². The maximum absolute atomic E-state index is 13.3. The summed E-state index contributed by atoms with van der Waals surface area (Å²) >= 11 is 0. The minimum Gasteiger partial charge on any atom is -0.481 e. The van der Waals surface area contributed by atoms with Gasteiger partial charge in [0.05, 0.1) is 24.5 Å². The summed E-state index contributed by atoms with van der Waals surface area (Å²) in [7, 11) is 0. The van der Waals surface area contributed by atoms with Crippen LogP contribution in [0, 0.1) is 17.8 Å². The Balaban J connectivity index is 1.98. The molecular weight excluding hydrogens is 484 g/mol. The quantitative estimate of drug-likeness (QED) is 0.186. The van der Waals surface area contributed by atoms with Crippen LogP contribution in [0.3, 0.4) is 0 Å². The molecule has 0 spiro atoms. The van der Waals surface area contributed by atoms with Crippen LogP contribution in [0.2, 0.25) is 0 Å². The first-order chi connectivity index (χ1) is 18.3. The third-order valence-corrected chi connectivity index (χ3v) is 7.81. The molecule has 1 saturated carbocycles. The first kappa shape index (κ1) is 31.5. The van der Waals surface area contributed by atoms with E-state index in [0.29, 0.717) is 50.9 Å². The summed E-state index contributed by atoms with van der Waals surface area (Å²) < 4.78 is 10.9. The number of aliphatic hydroxyl groups is 1. The average Bonchev–Trinajstić information content (AvgIpc) is 2.91. The fourth-order valence-corrected chi connectivity index (χ4v) is 5.44. The van der Waals surface area contributed by atoms with Crippen LogP contribution in [-0.4, -0.2) is 46.9 Å².